The maximum atomic E-state index is 2.54. The molecule has 0 atom stereocenters. The first-order valence-electron chi connectivity index (χ1n) is 15.8. The Morgan fingerprint density at radius 2 is 0.763 bits per heavy atom. The molecular formula is C38H48. The maximum Gasteiger partial charge on any atom is -0.00235 e. The van der Waals surface area contributed by atoms with Crippen molar-refractivity contribution in [1.29, 1.82) is 0 Å². The Kier molecular flexibility index (Phi) is 8.88. The van der Waals surface area contributed by atoms with Crippen LogP contribution in [0.4, 0.5) is 0 Å². The summed E-state index contributed by atoms with van der Waals surface area (Å²) in [6.45, 7) is 9.20. The SMILES string of the molecule is CCCCCCCCc1cc2c(C)ccc3c4cc(CCCCCCCC)cc5c(C)ccc(c(c1)c23)c54. The molecule has 0 heteroatoms. The Labute approximate surface area is 231 Å². The van der Waals surface area contributed by atoms with Gasteiger partial charge in [0.25, 0.3) is 0 Å². The van der Waals surface area contributed by atoms with Crippen LogP contribution in [0.1, 0.15) is 113 Å². The van der Waals surface area contributed by atoms with Crippen molar-refractivity contribution in [2.24, 2.45) is 0 Å². The molecule has 0 amide bonds. The molecule has 0 fully saturated rings. The number of unbranched alkanes of at least 4 members (excludes halogenated alkanes) is 10. The summed E-state index contributed by atoms with van der Waals surface area (Å²) in [5.74, 6) is 0. The number of rotatable bonds is 14. The molecule has 38 heavy (non-hydrogen) atoms. The van der Waals surface area contributed by atoms with Crippen LogP contribution >= 0.6 is 0 Å². The second-order valence-electron chi connectivity index (χ2n) is 12.0. The van der Waals surface area contributed by atoms with Crippen LogP contribution in [-0.4, -0.2) is 0 Å². The molecule has 0 bridgehead atoms. The van der Waals surface area contributed by atoms with Gasteiger partial charge < -0.3 is 0 Å². The average Bonchev–Trinajstić information content (AvgIpc) is 2.93. The van der Waals surface area contributed by atoms with Crippen LogP contribution in [0.15, 0.2) is 48.5 Å². The van der Waals surface area contributed by atoms with Crippen LogP contribution < -0.4 is 0 Å². The zero-order valence-corrected chi connectivity index (χ0v) is 24.5. The highest BCUT2D eigenvalue weighted by atomic mass is 14.2. The van der Waals surface area contributed by atoms with E-state index in [1.807, 2.05) is 0 Å². The molecule has 0 heterocycles. The largest absolute Gasteiger partial charge is 0.0654 e. The Hall–Kier alpha value is -2.60. The third kappa shape index (κ3) is 5.56. The molecule has 0 nitrogen and oxygen atoms in total. The van der Waals surface area contributed by atoms with Crippen LogP contribution in [0.2, 0.25) is 0 Å². The molecule has 200 valence electrons. The van der Waals surface area contributed by atoms with Crippen molar-refractivity contribution in [2.45, 2.75) is 118 Å². The summed E-state index contributed by atoms with van der Waals surface area (Å²) in [5.41, 5.74) is 5.84. The Morgan fingerprint density at radius 3 is 1.18 bits per heavy atom. The first-order chi connectivity index (χ1) is 18.6. The molecule has 5 aromatic carbocycles. The number of hydrogen-bond acceptors (Lipinski definition) is 0. The summed E-state index contributed by atoms with van der Waals surface area (Å²) in [6, 6.07) is 19.6. The van der Waals surface area contributed by atoms with Gasteiger partial charge >= 0.3 is 0 Å². The van der Waals surface area contributed by atoms with Gasteiger partial charge in [0.05, 0.1) is 0 Å². The molecule has 0 aromatic heterocycles. The molecule has 0 saturated carbocycles. The predicted octanol–water partition coefficient (Wildman–Crippen LogP) is 12.2. The van der Waals surface area contributed by atoms with E-state index < -0.39 is 0 Å². The molecule has 0 spiro atoms. The third-order valence-corrected chi connectivity index (χ3v) is 9.00. The van der Waals surface area contributed by atoms with Gasteiger partial charge in [0.2, 0.25) is 0 Å². The highest BCUT2D eigenvalue weighted by Crippen LogP contribution is 2.43. The fraction of sp³-hybridized carbons (Fsp3) is 0.474. The fourth-order valence-electron chi connectivity index (χ4n) is 6.75. The lowest BCUT2D eigenvalue weighted by Gasteiger charge is -2.19. The minimum absolute atomic E-state index is 1.19. The lowest BCUT2D eigenvalue weighted by atomic mass is 9.85. The van der Waals surface area contributed by atoms with Gasteiger partial charge in [-0.3, -0.25) is 0 Å². The monoisotopic (exact) mass is 504 g/mol. The predicted molar refractivity (Wildman–Crippen MR) is 171 cm³/mol. The third-order valence-electron chi connectivity index (χ3n) is 9.00. The Bertz CT molecular complexity index is 1390. The van der Waals surface area contributed by atoms with Gasteiger partial charge in [-0.05, 0) is 105 Å². The van der Waals surface area contributed by atoms with Crippen molar-refractivity contribution in [3.63, 3.8) is 0 Å². The topological polar surface area (TPSA) is 0 Å². The van der Waals surface area contributed by atoms with E-state index in [4.69, 9.17) is 0 Å². The quantitative estimate of drug-likeness (QED) is 0.0801. The van der Waals surface area contributed by atoms with Gasteiger partial charge in [-0.15, -0.1) is 0 Å². The summed E-state index contributed by atoms with van der Waals surface area (Å²) < 4.78 is 0. The van der Waals surface area contributed by atoms with Gasteiger partial charge in [0.15, 0.2) is 0 Å². The second kappa shape index (κ2) is 12.5. The smallest absolute Gasteiger partial charge is 0.00235 e. The first-order valence-corrected chi connectivity index (χ1v) is 15.8. The second-order valence-corrected chi connectivity index (χ2v) is 12.0. The van der Waals surface area contributed by atoms with Crippen molar-refractivity contribution >= 4 is 43.1 Å². The zero-order chi connectivity index (χ0) is 26.5. The van der Waals surface area contributed by atoms with Gasteiger partial charge in [0.1, 0.15) is 0 Å². The number of benzene rings is 5. The van der Waals surface area contributed by atoms with E-state index in [1.165, 1.54) is 155 Å². The van der Waals surface area contributed by atoms with Gasteiger partial charge in [-0.2, -0.15) is 0 Å². The Morgan fingerprint density at radius 1 is 0.395 bits per heavy atom. The van der Waals surface area contributed by atoms with Crippen LogP contribution in [0.25, 0.3) is 43.1 Å². The molecule has 0 radical (unpaired) electrons. The standard InChI is InChI=1S/C38H48/c1-5-7-9-11-13-15-17-29-23-33-27(3)19-22-32-36-26-30(18-16-14-12-10-8-6-2)24-34-28(4)20-21-31(38(34)36)35(25-29)37(32)33/h19-26H,5-18H2,1-4H3. The van der Waals surface area contributed by atoms with Crippen LogP contribution in [0, 0.1) is 13.8 Å². The highest BCUT2D eigenvalue weighted by Gasteiger charge is 2.17. The minimum atomic E-state index is 1.19. The van der Waals surface area contributed by atoms with Crippen molar-refractivity contribution in [3.8, 4) is 0 Å². The van der Waals surface area contributed by atoms with Gasteiger partial charge in [0, 0.05) is 0 Å². The summed E-state index contributed by atoms with van der Waals surface area (Å²) in [5, 5.41) is 11.7. The van der Waals surface area contributed by atoms with E-state index >= 15 is 0 Å². The van der Waals surface area contributed by atoms with Crippen molar-refractivity contribution in [3.05, 3.63) is 70.8 Å². The summed E-state index contributed by atoms with van der Waals surface area (Å²) in [4.78, 5) is 0. The molecule has 5 aromatic rings. The Balaban J connectivity index is 1.55. The molecule has 0 aliphatic carbocycles. The molecule has 0 aliphatic heterocycles. The summed E-state index contributed by atoms with van der Waals surface area (Å²) in [6.07, 6.45) is 18.6. The molecule has 0 unspecified atom stereocenters. The average molecular weight is 505 g/mol. The van der Waals surface area contributed by atoms with E-state index in [0.29, 0.717) is 0 Å². The van der Waals surface area contributed by atoms with Gasteiger partial charge in [-0.1, -0.05) is 127 Å². The van der Waals surface area contributed by atoms with Crippen LogP contribution in [0.5, 0.6) is 0 Å². The summed E-state index contributed by atoms with van der Waals surface area (Å²) in [7, 11) is 0. The fourth-order valence-corrected chi connectivity index (χ4v) is 6.75. The normalized spacial score (nSPS) is 12.1. The van der Waals surface area contributed by atoms with E-state index in [9.17, 15) is 0 Å². The van der Waals surface area contributed by atoms with Crippen molar-refractivity contribution in [1.82, 2.24) is 0 Å². The molecule has 0 aliphatic rings. The minimum Gasteiger partial charge on any atom is -0.0654 e. The van der Waals surface area contributed by atoms with Crippen molar-refractivity contribution < 1.29 is 0 Å². The highest BCUT2D eigenvalue weighted by molar-refractivity contribution is 6.33. The maximum absolute atomic E-state index is 2.54. The van der Waals surface area contributed by atoms with E-state index in [0.717, 1.165) is 0 Å². The first kappa shape index (κ1) is 27.0. The lowest BCUT2D eigenvalue weighted by Crippen LogP contribution is -1.95. The van der Waals surface area contributed by atoms with E-state index in [-0.39, 0.29) is 0 Å². The van der Waals surface area contributed by atoms with Crippen LogP contribution in [0.3, 0.4) is 0 Å². The molecular weight excluding hydrogens is 456 g/mol. The number of aryl methyl sites for hydroxylation is 4. The van der Waals surface area contributed by atoms with E-state index in [1.54, 1.807) is 0 Å². The molecule has 0 saturated heterocycles. The molecule has 0 N–H and O–H groups in total. The lowest BCUT2D eigenvalue weighted by molar-refractivity contribution is 0.608. The number of hydrogen-bond donors (Lipinski definition) is 0. The zero-order valence-electron chi connectivity index (χ0n) is 24.5. The molecule has 5 rings (SSSR count). The van der Waals surface area contributed by atoms with E-state index in [2.05, 4.69) is 76.2 Å². The number of fused-ring (bicyclic) bond motifs is 2. The van der Waals surface area contributed by atoms with Crippen molar-refractivity contribution in [2.75, 3.05) is 0 Å². The van der Waals surface area contributed by atoms with Gasteiger partial charge in [-0.25, -0.2) is 0 Å². The van der Waals surface area contributed by atoms with Crippen LogP contribution in [-0.2, 0) is 12.8 Å². The summed E-state index contributed by atoms with van der Waals surface area (Å²) >= 11 is 0.